The molecule has 1 aliphatic heterocycles. The largest absolute Gasteiger partial charge is 0.493 e. The van der Waals surface area contributed by atoms with Gasteiger partial charge in [0.15, 0.2) is 11.5 Å². The van der Waals surface area contributed by atoms with Crippen molar-refractivity contribution in [2.75, 3.05) is 27.3 Å². The van der Waals surface area contributed by atoms with E-state index < -0.39 is 0 Å². The fourth-order valence-corrected chi connectivity index (χ4v) is 4.86. The van der Waals surface area contributed by atoms with Crippen molar-refractivity contribution >= 4 is 28.6 Å². The summed E-state index contributed by atoms with van der Waals surface area (Å²) in [6, 6.07) is 21.8. The van der Waals surface area contributed by atoms with E-state index in [1.54, 1.807) is 14.2 Å². The third kappa shape index (κ3) is 4.85. The Morgan fingerprint density at radius 1 is 0.972 bits per heavy atom. The number of likely N-dealkylation sites (tertiary alicyclic amines) is 1. The number of aryl methyl sites for hydroxylation is 1. The van der Waals surface area contributed by atoms with Crippen LogP contribution in [0, 0.1) is 6.92 Å². The summed E-state index contributed by atoms with van der Waals surface area (Å²) in [4.78, 5) is 24.1. The van der Waals surface area contributed by atoms with Crippen molar-refractivity contribution in [2.24, 2.45) is 0 Å². The van der Waals surface area contributed by atoms with Crippen LogP contribution in [0.1, 0.15) is 41.3 Å². The van der Waals surface area contributed by atoms with Crippen LogP contribution in [-0.4, -0.2) is 48.1 Å². The zero-order valence-electron chi connectivity index (χ0n) is 21.0. The first-order chi connectivity index (χ1) is 17.6. The first kappa shape index (κ1) is 23.7. The topological polar surface area (TPSA) is 67.5 Å². The lowest BCUT2D eigenvalue weighted by atomic mass is 9.94. The van der Waals surface area contributed by atoms with Gasteiger partial charge in [-0.25, -0.2) is 4.98 Å². The number of nitrogens with one attached hydrogen (secondary N) is 1. The Bertz CT molecular complexity index is 1400. The molecule has 2 heterocycles. The number of ether oxygens (including phenoxy) is 2. The number of rotatable bonds is 6. The first-order valence-electron chi connectivity index (χ1n) is 12.3. The van der Waals surface area contributed by atoms with Gasteiger partial charge in [0.1, 0.15) is 5.82 Å². The molecule has 1 fully saturated rings. The van der Waals surface area contributed by atoms with Crippen molar-refractivity contribution in [1.29, 1.82) is 0 Å². The normalized spacial score (nSPS) is 14.8. The predicted octanol–water partition coefficient (Wildman–Crippen LogP) is 5.84. The average Bonchev–Trinajstić information content (AvgIpc) is 3.35. The maximum Gasteiger partial charge on any atom is 0.254 e. The second kappa shape index (κ2) is 10.3. The number of aromatic nitrogens is 2. The molecule has 1 aliphatic rings. The Kier molecular flexibility index (Phi) is 6.76. The van der Waals surface area contributed by atoms with E-state index in [0.717, 1.165) is 40.8 Å². The molecule has 0 saturated carbocycles. The molecule has 0 unspecified atom stereocenters. The summed E-state index contributed by atoms with van der Waals surface area (Å²) in [6.07, 6.45) is 3.69. The van der Waals surface area contributed by atoms with E-state index in [1.807, 2.05) is 59.5 Å². The highest BCUT2D eigenvalue weighted by Gasteiger charge is 2.28. The van der Waals surface area contributed by atoms with Crippen LogP contribution < -0.4 is 9.47 Å². The number of hydrogen-bond acceptors (Lipinski definition) is 4. The maximum absolute atomic E-state index is 13.8. The lowest BCUT2D eigenvalue weighted by molar-refractivity contribution is -0.126. The molecule has 0 bridgehead atoms. The number of imidazole rings is 1. The second-order valence-corrected chi connectivity index (χ2v) is 9.25. The molecule has 1 saturated heterocycles. The van der Waals surface area contributed by atoms with Crippen molar-refractivity contribution in [3.63, 3.8) is 0 Å². The summed E-state index contributed by atoms with van der Waals surface area (Å²) in [7, 11) is 3.23. The number of aromatic amines is 1. The summed E-state index contributed by atoms with van der Waals surface area (Å²) < 4.78 is 10.8. The molecule has 6 heteroatoms. The fourth-order valence-electron chi connectivity index (χ4n) is 4.86. The van der Waals surface area contributed by atoms with E-state index in [4.69, 9.17) is 14.5 Å². The van der Waals surface area contributed by atoms with Crippen LogP contribution in [0.25, 0.3) is 22.7 Å². The van der Waals surface area contributed by atoms with Crippen LogP contribution >= 0.6 is 0 Å². The van der Waals surface area contributed by atoms with E-state index in [1.165, 1.54) is 5.56 Å². The standard InChI is InChI=1S/C30H31N3O3/c1-20-9-11-25-26(17-20)32-29(31-25)23-13-15-33(16-14-23)30(34)24(22-7-5-4-6-8-22)18-21-10-12-27(35-2)28(19-21)36-3/h4-12,17-19,23H,13-16H2,1-3H3,(H,31,32)/b24-18+. The van der Waals surface area contributed by atoms with Gasteiger partial charge in [-0.1, -0.05) is 42.5 Å². The molecule has 184 valence electrons. The summed E-state index contributed by atoms with van der Waals surface area (Å²) in [6.45, 7) is 3.47. The molecule has 6 nitrogen and oxygen atoms in total. The molecule has 4 aromatic rings. The number of carbonyl (C=O) groups excluding carboxylic acids is 1. The van der Waals surface area contributed by atoms with Crippen molar-refractivity contribution < 1.29 is 14.3 Å². The minimum atomic E-state index is 0.0367. The van der Waals surface area contributed by atoms with Gasteiger partial charge in [-0.15, -0.1) is 0 Å². The van der Waals surface area contributed by atoms with Gasteiger partial charge in [0, 0.05) is 24.6 Å². The number of fused-ring (bicyclic) bond motifs is 1. The smallest absolute Gasteiger partial charge is 0.254 e. The Hall–Kier alpha value is -4.06. The quantitative estimate of drug-likeness (QED) is 0.278. The van der Waals surface area contributed by atoms with Crippen LogP contribution in [0.3, 0.4) is 0 Å². The maximum atomic E-state index is 13.8. The van der Waals surface area contributed by atoms with Gasteiger partial charge in [0.25, 0.3) is 5.91 Å². The summed E-state index contributed by atoms with van der Waals surface area (Å²) >= 11 is 0. The van der Waals surface area contributed by atoms with Gasteiger partial charge >= 0.3 is 0 Å². The van der Waals surface area contributed by atoms with Crippen molar-refractivity contribution in [2.45, 2.75) is 25.7 Å². The molecule has 0 spiro atoms. The molecule has 0 radical (unpaired) electrons. The second-order valence-electron chi connectivity index (χ2n) is 9.25. The van der Waals surface area contributed by atoms with Crippen LogP contribution in [0.2, 0.25) is 0 Å². The summed E-state index contributed by atoms with van der Waals surface area (Å²) in [5.74, 6) is 2.66. The van der Waals surface area contributed by atoms with Gasteiger partial charge < -0.3 is 19.4 Å². The number of methoxy groups -OCH3 is 2. The fraction of sp³-hybridized carbons (Fsp3) is 0.267. The lowest BCUT2D eigenvalue weighted by Crippen LogP contribution is -2.38. The third-order valence-corrected chi connectivity index (χ3v) is 6.86. The average molecular weight is 482 g/mol. The van der Waals surface area contributed by atoms with Gasteiger partial charge in [-0.05, 0) is 66.8 Å². The van der Waals surface area contributed by atoms with Crippen molar-refractivity contribution in [3.05, 3.63) is 89.2 Å². The van der Waals surface area contributed by atoms with E-state index in [9.17, 15) is 4.79 Å². The van der Waals surface area contributed by atoms with Crippen LogP contribution in [0.4, 0.5) is 0 Å². The molecule has 0 aliphatic carbocycles. The summed E-state index contributed by atoms with van der Waals surface area (Å²) in [5.41, 5.74) is 5.73. The number of carbonyl (C=O) groups is 1. The first-order valence-corrected chi connectivity index (χ1v) is 12.3. The van der Waals surface area contributed by atoms with E-state index in [-0.39, 0.29) is 5.91 Å². The number of nitrogens with zero attached hydrogens (tertiary/aromatic N) is 2. The van der Waals surface area contributed by atoms with E-state index in [0.29, 0.717) is 36.1 Å². The molecular formula is C30H31N3O3. The predicted molar refractivity (Wildman–Crippen MR) is 143 cm³/mol. The van der Waals surface area contributed by atoms with Crippen LogP contribution in [0.15, 0.2) is 66.7 Å². The molecule has 3 aromatic carbocycles. The Balaban J connectivity index is 1.37. The Morgan fingerprint density at radius 3 is 2.44 bits per heavy atom. The van der Waals surface area contributed by atoms with E-state index >= 15 is 0 Å². The molecule has 36 heavy (non-hydrogen) atoms. The number of H-pyrrole nitrogens is 1. The molecule has 1 amide bonds. The monoisotopic (exact) mass is 481 g/mol. The van der Waals surface area contributed by atoms with Crippen molar-refractivity contribution in [3.8, 4) is 11.5 Å². The van der Waals surface area contributed by atoms with Gasteiger partial charge in [-0.2, -0.15) is 0 Å². The number of benzene rings is 3. The highest BCUT2D eigenvalue weighted by atomic mass is 16.5. The number of amides is 1. The minimum Gasteiger partial charge on any atom is -0.493 e. The molecule has 0 atom stereocenters. The SMILES string of the molecule is COc1ccc(/C=C(/C(=O)N2CCC(c3nc4ccc(C)cc4[nH]3)CC2)c2ccccc2)cc1OC. The molecule has 1 N–H and O–H groups in total. The minimum absolute atomic E-state index is 0.0367. The van der Waals surface area contributed by atoms with E-state index in [2.05, 4.69) is 30.1 Å². The van der Waals surface area contributed by atoms with Gasteiger partial charge in [-0.3, -0.25) is 4.79 Å². The van der Waals surface area contributed by atoms with Crippen LogP contribution in [0.5, 0.6) is 11.5 Å². The van der Waals surface area contributed by atoms with Crippen LogP contribution in [-0.2, 0) is 4.79 Å². The lowest BCUT2D eigenvalue weighted by Gasteiger charge is -2.32. The highest BCUT2D eigenvalue weighted by molar-refractivity contribution is 6.24. The van der Waals surface area contributed by atoms with Crippen molar-refractivity contribution in [1.82, 2.24) is 14.9 Å². The zero-order valence-corrected chi connectivity index (χ0v) is 21.0. The summed E-state index contributed by atoms with van der Waals surface area (Å²) in [5, 5.41) is 0. The van der Waals surface area contributed by atoms with Gasteiger partial charge in [0.2, 0.25) is 0 Å². The highest BCUT2D eigenvalue weighted by Crippen LogP contribution is 2.32. The Labute approximate surface area is 211 Å². The number of hydrogen-bond donors (Lipinski definition) is 1. The molecular weight excluding hydrogens is 450 g/mol. The van der Waals surface area contributed by atoms with Gasteiger partial charge in [0.05, 0.1) is 25.3 Å². The zero-order chi connectivity index (χ0) is 25.1. The third-order valence-electron chi connectivity index (χ3n) is 6.86. The number of piperidine rings is 1. The molecule has 1 aromatic heterocycles. The Morgan fingerprint density at radius 2 is 1.72 bits per heavy atom. The molecule has 5 rings (SSSR count).